The van der Waals surface area contributed by atoms with Crippen LogP contribution in [0, 0.1) is 5.82 Å². The summed E-state index contributed by atoms with van der Waals surface area (Å²) in [6, 6.07) is 12.5. The molecular formula is C16H15ClFNO2. The van der Waals surface area contributed by atoms with E-state index in [1.54, 1.807) is 24.3 Å². The lowest BCUT2D eigenvalue weighted by Crippen LogP contribution is -2.29. The molecule has 0 radical (unpaired) electrons. The fourth-order valence-electron chi connectivity index (χ4n) is 1.86. The van der Waals surface area contributed by atoms with Gasteiger partial charge in [-0.15, -0.1) is 0 Å². The second-order valence-corrected chi connectivity index (χ2v) is 5.11. The Labute approximate surface area is 127 Å². The Balaban J connectivity index is 1.83. The topological polar surface area (TPSA) is 49.3 Å². The van der Waals surface area contributed by atoms with Crippen LogP contribution in [0.5, 0.6) is 0 Å². The lowest BCUT2D eigenvalue weighted by molar-refractivity contribution is -0.120. The highest BCUT2D eigenvalue weighted by Gasteiger charge is 2.10. The minimum Gasteiger partial charge on any atom is -0.387 e. The van der Waals surface area contributed by atoms with Crippen molar-refractivity contribution in [2.45, 2.75) is 12.5 Å². The van der Waals surface area contributed by atoms with E-state index in [2.05, 4.69) is 5.32 Å². The van der Waals surface area contributed by atoms with E-state index in [-0.39, 0.29) is 24.7 Å². The molecule has 0 aliphatic carbocycles. The first kappa shape index (κ1) is 15.5. The predicted molar refractivity (Wildman–Crippen MR) is 79.5 cm³/mol. The second kappa shape index (κ2) is 7.20. The van der Waals surface area contributed by atoms with Gasteiger partial charge < -0.3 is 10.4 Å². The highest BCUT2D eigenvalue weighted by molar-refractivity contribution is 6.30. The highest BCUT2D eigenvalue weighted by Crippen LogP contribution is 2.13. The molecule has 2 rings (SSSR count). The molecular weight excluding hydrogens is 293 g/mol. The number of aliphatic hydroxyl groups is 1. The zero-order valence-electron chi connectivity index (χ0n) is 11.2. The average molecular weight is 308 g/mol. The Morgan fingerprint density at radius 3 is 2.38 bits per heavy atom. The maximum Gasteiger partial charge on any atom is 0.224 e. The van der Waals surface area contributed by atoms with E-state index >= 15 is 0 Å². The van der Waals surface area contributed by atoms with Crippen LogP contribution in [-0.4, -0.2) is 17.6 Å². The molecule has 110 valence electrons. The van der Waals surface area contributed by atoms with Crippen molar-refractivity contribution in [3.8, 4) is 0 Å². The highest BCUT2D eigenvalue weighted by atomic mass is 35.5. The molecule has 1 unspecified atom stereocenters. The average Bonchev–Trinajstić information content (AvgIpc) is 2.48. The lowest BCUT2D eigenvalue weighted by atomic mass is 10.1. The summed E-state index contributed by atoms with van der Waals surface area (Å²) < 4.78 is 12.8. The third-order valence-corrected chi connectivity index (χ3v) is 3.28. The number of halogens is 2. The van der Waals surface area contributed by atoms with Crippen molar-refractivity contribution in [3.63, 3.8) is 0 Å². The molecule has 3 nitrogen and oxygen atoms in total. The third-order valence-electron chi connectivity index (χ3n) is 3.03. The molecule has 0 saturated carbocycles. The summed E-state index contributed by atoms with van der Waals surface area (Å²) in [7, 11) is 0. The molecule has 0 saturated heterocycles. The van der Waals surface area contributed by atoms with E-state index in [4.69, 9.17) is 11.6 Å². The first-order valence-corrected chi connectivity index (χ1v) is 6.87. The van der Waals surface area contributed by atoms with Gasteiger partial charge in [0.25, 0.3) is 0 Å². The van der Waals surface area contributed by atoms with Gasteiger partial charge in [-0.2, -0.15) is 0 Å². The Morgan fingerprint density at radius 2 is 1.76 bits per heavy atom. The number of hydrogen-bond donors (Lipinski definition) is 2. The Morgan fingerprint density at radius 1 is 1.14 bits per heavy atom. The van der Waals surface area contributed by atoms with Gasteiger partial charge in [0.05, 0.1) is 12.5 Å². The van der Waals surface area contributed by atoms with Gasteiger partial charge in [-0.3, -0.25) is 4.79 Å². The van der Waals surface area contributed by atoms with E-state index in [1.165, 1.54) is 24.3 Å². The maximum atomic E-state index is 12.8. The van der Waals surface area contributed by atoms with Crippen molar-refractivity contribution < 1.29 is 14.3 Å². The molecule has 0 aliphatic rings. The molecule has 21 heavy (non-hydrogen) atoms. The molecule has 5 heteroatoms. The first-order chi connectivity index (χ1) is 10.0. The summed E-state index contributed by atoms with van der Waals surface area (Å²) in [6.45, 7) is 0.0814. The van der Waals surface area contributed by atoms with Crippen molar-refractivity contribution in [1.29, 1.82) is 0 Å². The van der Waals surface area contributed by atoms with Crippen LogP contribution in [0.15, 0.2) is 48.5 Å². The summed E-state index contributed by atoms with van der Waals surface area (Å²) in [5, 5.41) is 13.2. The SMILES string of the molecule is O=C(Cc1ccc(Cl)cc1)NCC(O)c1ccc(F)cc1. The molecule has 0 fully saturated rings. The van der Waals surface area contributed by atoms with E-state index in [0.29, 0.717) is 10.6 Å². The molecule has 0 heterocycles. The van der Waals surface area contributed by atoms with Crippen LogP contribution in [0.1, 0.15) is 17.2 Å². The maximum absolute atomic E-state index is 12.8. The van der Waals surface area contributed by atoms with E-state index in [1.807, 2.05) is 0 Å². The summed E-state index contributed by atoms with van der Waals surface area (Å²) in [4.78, 5) is 11.8. The fraction of sp³-hybridized carbons (Fsp3) is 0.188. The van der Waals surface area contributed by atoms with Crippen molar-refractivity contribution in [3.05, 3.63) is 70.5 Å². The number of nitrogens with one attached hydrogen (secondary N) is 1. The van der Waals surface area contributed by atoms with Crippen LogP contribution in [0.2, 0.25) is 5.02 Å². The van der Waals surface area contributed by atoms with Crippen molar-refractivity contribution in [1.82, 2.24) is 5.32 Å². The molecule has 2 aromatic rings. The summed E-state index contributed by atoms with van der Waals surface area (Å²) >= 11 is 5.77. The zero-order chi connectivity index (χ0) is 15.2. The van der Waals surface area contributed by atoms with Gasteiger partial charge in [0, 0.05) is 11.6 Å². The monoisotopic (exact) mass is 307 g/mol. The van der Waals surface area contributed by atoms with Crippen LogP contribution in [0.25, 0.3) is 0 Å². The van der Waals surface area contributed by atoms with Crippen LogP contribution in [0.4, 0.5) is 4.39 Å². The van der Waals surface area contributed by atoms with Gasteiger partial charge >= 0.3 is 0 Å². The van der Waals surface area contributed by atoms with Crippen molar-refractivity contribution >= 4 is 17.5 Å². The summed E-state index contributed by atoms with van der Waals surface area (Å²) in [5.74, 6) is -0.559. The van der Waals surface area contributed by atoms with Gasteiger partial charge in [0.15, 0.2) is 0 Å². The Bertz CT molecular complexity index is 599. The molecule has 1 atom stereocenters. The van der Waals surface area contributed by atoms with Crippen LogP contribution >= 0.6 is 11.6 Å². The van der Waals surface area contributed by atoms with Crippen LogP contribution in [-0.2, 0) is 11.2 Å². The van der Waals surface area contributed by atoms with Crippen LogP contribution < -0.4 is 5.32 Å². The molecule has 0 spiro atoms. The minimum absolute atomic E-state index is 0.0814. The second-order valence-electron chi connectivity index (χ2n) is 4.67. The summed E-state index contributed by atoms with van der Waals surface area (Å²) in [6.07, 6.45) is -0.646. The van der Waals surface area contributed by atoms with Gasteiger partial charge in [-0.1, -0.05) is 35.9 Å². The number of amides is 1. The van der Waals surface area contributed by atoms with Gasteiger partial charge in [-0.05, 0) is 35.4 Å². The van der Waals surface area contributed by atoms with Gasteiger partial charge in [0.1, 0.15) is 5.82 Å². The number of carbonyl (C=O) groups is 1. The first-order valence-electron chi connectivity index (χ1n) is 6.49. The van der Waals surface area contributed by atoms with Crippen LogP contribution in [0.3, 0.4) is 0 Å². The molecule has 2 aromatic carbocycles. The Kier molecular flexibility index (Phi) is 5.31. The fourth-order valence-corrected chi connectivity index (χ4v) is 1.99. The molecule has 0 aliphatic heterocycles. The molecule has 1 amide bonds. The Hall–Kier alpha value is -1.91. The van der Waals surface area contributed by atoms with E-state index < -0.39 is 6.10 Å². The summed E-state index contributed by atoms with van der Waals surface area (Å²) in [5.41, 5.74) is 1.40. The quantitative estimate of drug-likeness (QED) is 0.892. The number of hydrogen-bond acceptors (Lipinski definition) is 2. The van der Waals surface area contributed by atoms with E-state index in [0.717, 1.165) is 5.56 Å². The predicted octanol–water partition coefficient (Wildman–Crippen LogP) is 2.87. The van der Waals surface area contributed by atoms with Crippen molar-refractivity contribution in [2.75, 3.05) is 6.54 Å². The zero-order valence-corrected chi connectivity index (χ0v) is 12.0. The third kappa shape index (κ3) is 4.85. The van der Waals surface area contributed by atoms with Gasteiger partial charge in [-0.25, -0.2) is 4.39 Å². The number of rotatable bonds is 5. The lowest BCUT2D eigenvalue weighted by Gasteiger charge is -2.12. The smallest absolute Gasteiger partial charge is 0.224 e. The van der Waals surface area contributed by atoms with Crippen molar-refractivity contribution in [2.24, 2.45) is 0 Å². The van der Waals surface area contributed by atoms with Gasteiger partial charge in [0.2, 0.25) is 5.91 Å². The number of carbonyl (C=O) groups excluding carboxylic acids is 1. The largest absolute Gasteiger partial charge is 0.387 e. The van der Waals surface area contributed by atoms with E-state index in [9.17, 15) is 14.3 Å². The standard InChI is InChI=1S/C16H15ClFNO2/c17-13-5-1-11(2-6-13)9-16(21)19-10-15(20)12-3-7-14(18)8-4-12/h1-8,15,20H,9-10H2,(H,19,21). The molecule has 0 aromatic heterocycles. The normalized spacial score (nSPS) is 12.0. The molecule has 0 bridgehead atoms. The number of aliphatic hydroxyl groups excluding tert-OH is 1. The number of benzene rings is 2. The molecule has 2 N–H and O–H groups in total. The minimum atomic E-state index is -0.861.